The van der Waals surface area contributed by atoms with Gasteiger partial charge in [0.15, 0.2) is 12.1 Å². The van der Waals surface area contributed by atoms with Crippen LogP contribution in [0.2, 0.25) is 0 Å². The summed E-state index contributed by atoms with van der Waals surface area (Å²) in [4.78, 5) is 24.0. The average Bonchev–Trinajstić information content (AvgIpc) is 3.24. The zero-order chi connectivity index (χ0) is 27.2. The molecule has 1 heterocycles. The number of aliphatic hydroxyl groups is 5. The molecule has 0 radical (unpaired) electrons. The number of hydrogen-bond acceptors (Lipinski definition) is 10. The quantitative estimate of drug-likeness (QED) is 0.105. The van der Waals surface area contributed by atoms with Crippen LogP contribution in [-0.2, 0) is 23.8 Å². The first-order chi connectivity index (χ1) is 17.8. The van der Waals surface area contributed by atoms with E-state index in [-0.39, 0.29) is 31.3 Å². The van der Waals surface area contributed by atoms with Gasteiger partial charge in [0.05, 0.1) is 13.2 Å². The second kappa shape index (κ2) is 17.0. The number of carbonyl (C=O) groups excluding carboxylic acids is 2. The van der Waals surface area contributed by atoms with Crippen LogP contribution in [-0.4, -0.2) is 93.9 Å². The average molecular weight is 529 g/mol. The van der Waals surface area contributed by atoms with Crippen molar-refractivity contribution in [3.63, 3.8) is 0 Å². The second-order valence-corrected chi connectivity index (χ2v) is 9.82. The van der Waals surface area contributed by atoms with Gasteiger partial charge in [-0.05, 0) is 37.7 Å². The van der Waals surface area contributed by atoms with Crippen LogP contribution in [0.3, 0.4) is 0 Å². The molecule has 10 heteroatoms. The van der Waals surface area contributed by atoms with Crippen LogP contribution >= 0.6 is 0 Å². The van der Waals surface area contributed by atoms with Crippen molar-refractivity contribution in [2.75, 3.05) is 19.8 Å². The maximum Gasteiger partial charge on any atom is 0.305 e. The number of esters is 1. The van der Waals surface area contributed by atoms with Gasteiger partial charge in [0, 0.05) is 12.3 Å². The molecule has 0 aromatic heterocycles. The molecule has 2 aliphatic rings. The minimum Gasteiger partial charge on any atom is -0.463 e. The Morgan fingerprint density at radius 3 is 2.51 bits per heavy atom. The lowest BCUT2D eigenvalue weighted by molar-refractivity contribution is -0.305. The van der Waals surface area contributed by atoms with Crippen LogP contribution in [0.4, 0.5) is 0 Å². The number of carbonyl (C=O) groups is 2. The Labute approximate surface area is 218 Å². The van der Waals surface area contributed by atoms with Gasteiger partial charge in [0.1, 0.15) is 37.1 Å². The molecule has 0 saturated carbocycles. The Morgan fingerprint density at radius 2 is 1.78 bits per heavy atom. The van der Waals surface area contributed by atoms with Crippen LogP contribution in [0.1, 0.15) is 64.7 Å². The molecular weight excluding hydrogens is 484 g/mol. The molecule has 1 aliphatic heterocycles. The maximum absolute atomic E-state index is 12.1. The Morgan fingerprint density at radius 1 is 1.05 bits per heavy atom. The summed E-state index contributed by atoms with van der Waals surface area (Å²) in [5.41, 5.74) is 0. The monoisotopic (exact) mass is 528 g/mol. The van der Waals surface area contributed by atoms with E-state index in [1.165, 1.54) is 0 Å². The summed E-state index contributed by atoms with van der Waals surface area (Å²) in [5, 5.41) is 48.6. The first kappa shape index (κ1) is 31.6. The van der Waals surface area contributed by atoms with Crippen LogP contribution in [0.5, 0.6) is 0 Å². The van der Waals surface area contributed by atoms with E-state index in [9.17, 15) is 35.1 Å². The van der Waals surface area contributed by atoms with Crippen molar-refractivity contribution < 1.29 is 49.3 Å². The first-order valence-electron chi connectivity index (χ1n) is 13.4. The van der Waals surface area contributed by atoms with Gasteiger partial charge < -0.3 is 39.7 Å². The zero-order valence-electron chi connectivity index (χ0n) is 21.7. The fraction of sp³-hybridized carbons (Fsp3) is 0.778. The van der Waals surface area contributed by atoms with E-state index in [4.69, 9.17) is 14.2 Å². The summed E-state index contributed by atoms with van der Waals surface area (Å²) in [6, 6.07) is 0. The zero-order valence-corrected chi connectivity index (χ0v) is 21.7. The van der Waals surface area contributed by atoms with E-state index in [1.807, 2.05) is 6.08 Å². The minimum absolute atomic E-state index is 0.0792. The molecule has 0 bridgehead atoms. The summed E-state index contributed by atoms with van der Waals surface area (Å²) in [6.45, 7) is 0.866. The SMILES string of the molecule is CCC=CCC1C(=O)C=CC1CCCCCCCC(=O)OCC(O)COC1OC(CO)C(O)C(O)C1O. The molecule has 0 amide bonds. The summed E-state index contributed by atoms with van der Waals surface area (Å²) >= 11 is 0. The third-order valence-electron chi connectivity index (χ3n) is 6.84. The normalized spacial score (nSPS) is 30.8. The van der Waals surface area contributed by atoms with E-state index >= 15 is 0 Å². The van der Waals surface area contributed by atoms with Crippen LogP contribution in [0.25, 0.3) is 0 Å². The molecule has 0 aromatic carbocycles. The van der Waals surface area contributed by atoms with Gasteiger partial charge in [-0.1, -0.05) is 50.8 Å². The van der Waals surface area contributed by atoms with Crippen molar-refractivity contribution in [2.45, 2.75) is 102 Å². The molecule has 37 heavy (non-hydrogen) atoms. The second-order valence-electron chi connectivity index (χ2n) is 9.82. The molecule has 0 spiro atoms. The summed E-state index contributed by atoms with van der Waals surface area (Å²) in [7, 11) is 0. The van der Waals surface area contributed by atoms with Crippen molar-refractivity contribution >= 4 is 11.8 Å². The molecule has 2 rings (SSSR count). The van der Waals surface area contributed by atoms with E-state index in [1.54, 1.807) is 6.08 Å². The lowest BCUT2D eigenvalue weighted by atomic mass is 9.87. The largest absolute Gasteiger partial charge is 0.463 e. The molecule has 8 unspecified atom stereocenters. The van der Waals surface area contributed by atoms with E-state index in [2.05, 4.69) is 19.1 Å². The third-order valence-corrected chi connectivity index (χ3v) is 6.84. The van der Waals surface area contributed by atoms with Crippen molar-refractivity contribution in [2.24, 2.45) is 11.8 Å². The third kappa shape index (κ3) is 10.6. The first-order valence-corrected chi connectivity index (χ1v) is 13.4. The smallest absolute Gasteiger partial charge is 0.305 e. The molecule has 10 nitrogen and oxygen atoms in total. The van der Waals surface area contributed by atoms with Gasteiger partial charge in [-0.15, -0.1) is 0 Å². The number of hydrogen-bond donors (Lipinski definition) is 5. The fourth-order valence-corrected chi connectivity index (χ4v) is 4.59. The van der Waals surface area contributed by atoms with Crippen molar-refractivity contribution in [1.82, 2.24) is 0 Å². The molecule has 0 aromatic rings. The summed E-state index contributed by atoms with van der Waals surface area (Å²) in [5.74, 6) is 0.204. The van der Waals surface area contributed by atoms with E-state index in [0.717, 1.165) is 44.9 Å². The van der Waals surface area contributed by atoms with Crippen LogP contribution < -0.4 is 0 Å². The lowest BCUT2D eigenvalue weighted by Crippen LogP contribution is -2.59. The van der Waals surface area contributed by atoms with Gasteiger partial charge in [-0.2, -0.15) is 0 Å². The van der Waals surface area contributed by atoms with Gasteiger partial charge in [-0.3, -0.25) is 9.59 Å². The lowest BCUT2D eigenvalue weighted by Gasteiger charge is -2.39. The molecule has 212 valence electrons. The molecule has 1 fully saturated rings. The van der Waals surface area contributed by atoms with Crippen molar-refractivity contribution in [3.8, 4) is 0 Å². The van der Waals surface area contributed by atoms with Crippen molar-refractivity contribution in [3.05, 3.63) is 24.3 Å². The molecule has 8 atom stereocenters. The van der Waals surface area contributed by atoms with Gasteiger partial charge in [-0.25, -0.2) is 0 Å². The Balaban J connectivity index is 1.51. The molecule has 5 N–H and O–H groups in total. The number of unbranched alkanes of at least 4 members (excludes halogenated alkanes) is 4. The number of allylic oxidation sites excluding steroid dienone is 4. The number of rotatable bonds is 17. The highest BCUT2D eigenvalue weighted by atomic mass is 16.7. The predicted octanol–water partition coefficient (Wildman–Crippen LogP) is 1.17. The molecular formula is C27H44O10. The highest BCUT2D eigenvalue weighted by Crippen LogP contribution is 2.30. The fourth-order valence-electron chi connectivity index (χ4n) is 4.59. The summed E-state index contributed by atoms with van der Waals surface area (Å²) in [6.07, 6.45) is 7.40. The topological polar surface area (TPSA) is 163 Å². The number of ether oxygens (including phenoxy) is 3. The Bertz CT molecular complexity index is 737. The highest BCUT2D eigenvalue weighted by molar-refractivity contribution is 5.94. The van der Waals surface area contributed by atoms with E-state index < -0.39 is 49.4 Å². The maximum atomic E-state index is 12.1. The predicted molar refractivity (Wildman–Crippen MR) is 134 cm³/mol. The summed E-state index contributed by atoms with van der Waals surface area (Å²) < 4.78 is 15.5. The minimum atomic E-state index is -1.57. The number of ketones is 1. The Kier molecular flexibility index (Phi) is 14.5. The highest BCUT2D eigenvalue weighted by Gasteiger charge is 2.44. The van der Waals surface area contributed by atoms with Crippen LogP contribution in [0, 0.1) is 11.8 Å². The van der Waals surface area contributed by atoms with Crippen molar-refractivity contribution in [1.29, 1.82) is 0 Å². The number of aliphatic hydroxyl groups excluding tert-OH is 5. The van der Waals surface area contributed by atoms with Crippen LogP contribution in [0.15, 0.2) is 24.3 Å². The van der Waals surface area contributed by atoms with Gasteiger partial charge in [0.25, 0.3) is 0 Å². The molecule has 1 aliphatic carbocycles. The Hall–Kier alpha value is -1.66. The molecule has 1 saturated heterocycles. The standard InChI is InChI=1S/C27H44O10/c1-2-3-7-11-20-18(13-14-21(20)30)10-8-5-4-6-9-12-23(31)35-16-19(29)17-36-27-26(34)25(33)24(32)22(15-28)37-27/h3,7,13-14,18-20,22,24-29,32-34H,2,4-6,8-12,15-17H2,1H3. The van der Waals surface area contributed by atoms with Gasteiger partial charge in [0.2, 0.25) is 0 Å². The van der Waals surface area contributed by atoms with Gasteiger partial charge >= 0.3 is 5.97 Å². The van der Waals surface area contributed by atoms with E-state index in [0.29, 0.717) is 12.3 Å².